The molecule has 8 nitrogen and oxygen atoms in total. The lowest BCUT2D eigenvalue weighted by atomic mass is 10.1. The Balaban J connectivity index is 1.43. The van der Waals surface area contributed by atoms with Crippen LogP contribution in [0.3, 0.4) is 0 Å². The van der Waals surface area contributed by atoms with E-state index in [-0.39, 0.29) is 5.91 Å². The highest BCUT2D eigenvalue weighted by Crippen LogP contribution is 2.38. The molecule has 0 N–H and O–H groups in total. The number of anilines is 1. The smallest absolute Gasteiger partial charge is 0.246 e. The average molecular weight is 477 g/mol. The Kier molecular flexibility index (Phi) is 7.29. The maximum atomic E-state index is 12.9. The van der Waals surface area contributed by atoms with E-state index in [4.69, 9.17) is 19.3 Å². The van der Waals surface area contributed by atoms with Crippen molar-refractivity contribution >= 4 is 17.7 Å². The van der Waals surface area contributed by atoms with Crippen LogP contribution in [0.1, 0.15) is 17.0 Å². The summed E-state index contributed by atoms with van der Waals surface area (Å²) >= 11 is 0. The number of aromatic nitrogens is 2. The summed E-state index contributed by atoms with van der Waals surface area (Å²) in [6, 6.07) is 13.8. The number of methoxy groups -OCH3 is 3. The highest BCUT2D eigenvalue weighted by Gasteiger charge is 2.25. The van der Waals surface area contributed by atoms with E-state index in [2.05, 4.69) is 24.0 Å². The van der Waals surface area contributed by atoms with Crippen molar-refractivity contribution in [1.29, 1.82) is 0 Å². The third kappa shape index (κ3) is 4.96. The third-order valence-corrected chi connectivity index (χ3v) is 6.27. The number of aryl methyl sites for hydroxylation is 1. The highest BCUT2D eigenvalue weighted by molar-refractivity contribution is 5.92. The van der Waals surface area contributed by atoms with E-state index in [1.165, 1.54) is 0 Å². The summed E-state index contributed by atoms with van der Waals surface area (Å²) in [4.78, 5) is 17.1. The molecule has 35 heavy (non-hydrogen) atoms. The van der Waals surface area contributed by atoms with Gasteiger partial charge in [-0.2, -0.15) is 5.10 Å². The van der Waals surface area contributed by atoms with Gasteiger partial charge in [0.15, 0.2) is 11.5 Å². The average Bonchev–Trinajstić information content (AvgIpc) is 3.20. The predicted octanol–water partition coefficient (Wildman–Crippen LogP) is 3.88. The topological polar surface area (TPSA) is 69.1 Å². The molecule has 1 aromatic heterocycles. The summed E-state index contributed by atoms with van der Waals surface area (Å²) in [7, 11) is 4.71. The molecule has 3 aromatic rings. The second kappa shape index (κ2) is 10.5. The molecule has 8 heteroatoms. The van der Waals surface area contributed by atoms with Crippen molar-refractivity contribution in [3.63, 3.8) is 0 Å². The Morgan fingerprint density at radius 3 is 2.11 bits per heavy atom. The van der Waals surface area contributed by atoms with Gasteiger partial charge in [0.25, 0.3) is 0 Å². The van der Waals surface area contributed by atoms with Gasteiger partial charge in [-0.3, -0.25) is 4.79 Å². The number of hydrogen-bond donors (Lipinski definition) is 0. The number of carbonyl (C=O) groups excluding carboxylic acids is 1. The molecular formula is C27H32N4O4. The first kappa shape index (κ1) is 24.2. The first-order chi connectivity index (χ1) is 17.0. The van der Waals surface area contributed by atoms with E-state index in [0.717, 1.165) is 41.4 Å². The zero-order valence-corrected chi connectivity index (χ0v) is 20.9. The minimum atomic E-state index is -0.0215. The second-order valence-electron chi connectivity index (χ2n) is 8.37. The van der Waals surface area contributed by atoms with Crippen LogP contribution in [0.4, 0.5) is 5.69 Å². The fraction of sp³-hybridized carbons (Fsp3) is 0.333. The Morgan fingerprint density at radius 1 is 0.914 bits per heavy atom. The molecule has 184 valence electrons. The molecule has 0 spiro atoms. The summed E-state index contributed by atoms with van der Waals surface area (Å²) in [6.45, 7) is 6.94. The number of ether oxygens (including phenoxy) is 3. The van der Waals surface area contributed by atoms with Gasteiger partial charge in [-0.25, -0.2) is 4.68 Å². The van der Waals surface area contributed by atoms with Gasteiger partial charge in [-0.05, 0) is 49.8 Å². The van der Waals surface area contributed by atoms with Gasteiger partial charge in [0.2, 0.25) is 11.7 Å². The van der Waals surface area contributed by atoms with Crippen molar-refractivity contribution in [2.24, 2.45) is 0 Å². The monoisotopic (exact) mass is 476 g/mol. The minimum absolute atomic E-state index is 0.0215. The summed E-state index contributed by atoms with van der Waals surface area (Å²) in [6.07, 6.45) is 3.37. The van der Waals surface area contributed by atoms with Crippen molar-refractivity contribution in [1.82, 2.24) is 14.7 Å². The highest BCUT2D eigenvalue weighted by atomic mass is 16.5. The lowest BCUT2D eigenvalue weighted by Crippen LogP contribution is -2.48. The van der Waals surface area contributed by atoms with E-state index >= 15 is 0 Å². The van der Waals surface area contributed by atoms with E-state index in [1.807, 2.05) is 46.8 Å². The fourth-order valence-corrected chi connectivity index (χ4v) is 4.53. The number of benzene rings is 2. The molecule has 1 fully saturated rings. The lowest BCUT2D eigenvalue weighted by molar-refractivity contribution is -0.126. The molecule has 2 heterocycles. The Hall–Kier alpha value is -3.94. The predicted molar refractivity (Wildman–Crippen MR) is 137 cm³/mol. The standard InChI is InChI=1S/C27H32N4O4/c1-19-26(20(2)31(28-19)22-9-7-6-8-10-22)30-15-13-29(14-16-30)25(32)12-11-21-17-23(33-3)27(35-5)24(18-21)34-4/h6-12,17-18H,13-16H2,1-5H3/b12-11+. The summed E-state index contributed by atoms with van der Waals surface area (Å²) < 4.78 is 18.2. The molecule has 4 rings (SSSR count). The summed E-state index contributed by atoms with van der Waals surface area (Å²) in [5.74, 6) is 1.60. The Bertz CT molecular complexity index is 1190. The van der Waals surface area contributed by atoms with Gasteiger partial charge in [-0.1, -0.05) is 18.2 Å². The molecule has 0 atom stereocenters. The molecule has 0 aliphatic carbocycles. The molecule has 1 amide bonds. The van der Waals surface area contributed by atoms with Crippen LogP contribution in [-0.4, -0.2) is 68.1 Å². The number of amides is 1. The number of nitrogens with zero attached hydrogens (tertiary/aromatic N) is 4. The molecule has 1 saturated heterocycles. The second-order valence-corrected chi connectivity index (χ2v) is 8.37. The molecule has 0 unspecified atom stereocenters. The van der Waals surface area contributed by atoms with Crippen molar-refractivity contribution in [2.75, 3.05) is 52.4 Å². The fourth-order valence-electron chi connectivity index (χ4n) is 4.53. The SMILES string of the molecule is COc1cc(/C=C/C(=O)N2CCN(c3c(C)nn(-c4ccccc4)c3C)CC2)cc(OC)c1OC. The number of para-hydroxylation sites is 1. The van der Waals surface area contributed by atoms with Gasteiger partial charge in [0.05, 0.1) is 44.1 Å². The first-order valence-electron chi connectivity index (χ1n) is 11.6. The quantitative estimate of drug-likeness (QED) is 0.482. The van der Waals surface area contributed by atoms with E-state index in [1.54, 1.807) is 33.5 Å². The number of hydrogen-bond acceptors (Lipinski definition) is 6. The van der Waals surface area contributed by atoms with Crippen LogP contribution in [0.2, 0.25) is 0 Å². The van der Waals surface area contributed by atoms with Gasteiger partial charge in [0, 0.05) is 32.3 Å². The summed E-state index contributed by atoms with van der Waals surface area (Å²) in [5, 5.41) is 4.77. The van der Waals surface area contributed by atoms with E-state index in [0.29, 0.717) is 30.3 Å². The van der Waals surface area contributed by atoms with Crippen LogP contribution < -0.4 is 19.1 Å². The van der Waals surface area contributed by atoms with E-state index < -0.39 is 0 Å². The van der Waals surface area contributed by atoms with Crippen molar-refractivity contribution in [2.45, 2.75) is 13.8 Å². The third-order valence-electron chi connectivity index (χ3n) is 6.27. The van der Waals surface area contributed by atoms with Crippen LogP contribution >= 0.6 is 0 Å². The molecule has 1 aliphatic heterocycles. The first-order valence-corrected chi connectivity index (χ1v) is 11.6. The van der Waals surface area contributed by atoms with Crippen LogP contribution in [0, 0.1) is 13.8 Å². The van der Waals surface area contributed by atoms with Gasteiger partial charge in [0.1, 0.15) is 0 Å². The van der Waals surface area contributed by atoms with Crippen LogP contribution in [0.5, 0.6) is 17.2 Å². The van der Waals surface area contributed by atoms with Crippen molar-refractivity contribution in [3.8, 4) is 22.9 Å². The largest absolute Gasteiger partial charge is 0.493 e. The zero-order chi connectivity index (χ0) is 24.9. The van der Waals surface area contributed by atoms with Crippen molar-refractivity contribution in [3.05, 3.63) is 65.5 Å². The van der Waals surface area contributed by atoms with E-state index in [9.17, 15) is 4.79 Å². The van der Waals surface area contributed by atoms with Crippen molar-refractivity contribution < 1.29 is 19.0 Å². The van der Waals surface area contributed by atoms with Gasteiger partial charge in [-0.15, -0.1) is 0 Å². The number of carbonyl (C=O) groups is 1. The minimum Gasteiger partial charge on any atom is -0.493 e. The molecule has 0 bridgehead atoms. The Morgan fingerprint density at radius 2 is 1.54 bits per heavy atom. The van der Waals surface area contributed by atoms with Gasteiger partial charge < -0.3 is 24.0 Å². The molecule has 2 aromatic carbocycles. The summed E-state index contributed by atoms with van der Waals surface area (Å²) in [5.41, 5.74) is 5.09. The Labute approximate surface area is 206 Å². The van der Waals surface area contributed by atoms with Crippen LogP contribution in [0.15, 0.2) is 48.5 Å². The molecule has 0 saturated carbocycles. The normalized spacial score (nSPS) is 13.9. The molecule has 1 aliphatic rings. The lowest BCUT2D eigenvalue weighted by Gasteiger charge is -2.35. The molecule has 0 radical (unpaired) electrons. The zero-order valence-electron chi connectivity index (χ0n) is 20.9. The maximum absolute atomic E-state index is 12.9. The van der Waals surface area contributed by atoms with Crippen LogP contribution in [-0.2, 0) is 4.79 Å². The number of piperazine rings is 1. The van der Waals surface area contributed by atoms with Crippen LogP contribution in [0.25, 0.3) is 11.8 Å². The number of rotatable bonds is 7. The molecular weight excluding hydrogens is 444 g/mol. The van der Waals surface area contributed by atoms with Gasteiger partial charge >= 0.3 is 0 Å². The maximum Gasteiger partial charge on any atom is 0.246 e.